The second kappa shape index (κ2) is 9.34. The van der Waals surface area contributed by atoms with Crippen molar-refractivity contribution in [2.45, 2.75) is 26.8 Å². The second-order valence-corrected chi connectivity index (χ2v) is 9.15. The van der Waals surface area contributed by atoms with Crippen LogP contribution in [0, 0.1) is 0 Å². The smallest absolute Gasteiger partial charge is 0.340 e. The lowest BCUT2D eigenvalue weighted by molar-refractivity contribution is -0.143. The van der Waals surface area contributed by atoms with E-state index in [1.807, 2.05) is 12.1 Å². The molecule has 0 saturated heterocycles. The van der Waals surface area contributed by atoms with Crippen molar-refractivity contribution in [2.75, 3.05) is 35.7 Å². The summed E-state index contributed by atoms with van der Waals surface area (Å²) in [5, 5.41) is 2.70. The number of amides is 1. The fourth-order valence-electron chi connectivity index (χ4n) is 3.32. The maximum absolute atomic E-state index is 12.3. The van der Waals surface area contributed by atoms with Gasteiger partial charge in [0.2, 0.25) is 0 Å². The van der Waals surface area contributed by atoms with Crippen molar-refractivity contribution in [2.24, 2.45) is 4.40 Å². The summed E-state index contributed by atoms with van der Waals surface area (Å²) < 4.78 is 31.8. The van der Waals surface area contributed by atoms with Crippen molar-refractivity contribution in [3.05, 3.63) is 48.2 Å². The molecule has 0 unspecified atom stereocenters. The van der Waals surface area contributed by atoms with Crippen LogP contribution in [0.3, 0.4) is 0 Å². The first-order valence-electron chi connectivity index (χ1n) is 10.0. The molecule has 31 heavy (non-hydrogen) atoms. The van der Waals surface area contributed by atoms with Crippen LogP contribution < -0.4 is 10.2 Å². The van der Waals surface area contributed by atoms with Gasteiger partial charge in [0.15, 0.2) is 6.61 Å². The van der Waals surface area contributed by atoms with Crippen LogP contribution in [0.4, 0.5) is 11.4 Å². The van der Waals surface area contributed by atoms with Gasteiger partial charge in [-0.15, -0.1) is 4.40 Å². The number of benzene rings is 1. The first kappa shape index (κ1) is 22.5. The summed E-state index contributed by atoms with van der Waals surface area (Å²) in [4.78, 5) is 28.2. The van der Waals surface area contributed by atoms with Crippen molar-refractivity contribution < 1.29 is 22.7 Å². The van der Waals surface area contributed by atoms with Crippen LogP contribution in [0.1, 0.15) is 20.8 Å². The van der Waals surface area contributed by atoms with Crippen molar-refractivity contribution in [3.8, 4) is 0 Å². The third-order valence-electron chi connectivity index (χ3n) is 4.84. The van der Waals surface area contributed by atoms with E-state index in [1.165, 1.54) is 18.4 Å². The van der Waals surface area contributed by atoms with Crippen LogP contribution in [0.15, 0.2) is 52.6 Å². The zero-order chi connectivity index (χ0) is 22.6. The number of nitrogens with one attached hydrogen (secondary N) is 1. The highest BCUT2D eigenvalue weighted by Crippen LogP contribution is 2.20. The summed E-state index contributed by atoms with van der Waals surface area (Å²) in [5.41, 5.74) is 1.88. The Morgan fingerprint density at radius 1 is 1.23 bits per heavy atom. The molecule has 2 aliphatic rings. The number of carbonyl (C=O) groups excluding carboxylic acids is 2. The number of hydrogen-bond acceptors (Lipinski definition) is 7. The zero-order valence-electron chi connectivity index (χ0n) is 17.7. The van der Waals surface area contributed by atoms with Gasteiger partial charge < -0.3 is 19.9 Å². The molecule has 2 aliphatic heterocycles. The lowest BCUT2D eigenvalue weighted by atomic mass is 10.2. The standard InChI is InChI=1S/C21H26N4O5S/c1-4-25(15(2)3)18-8-6-17(7-9-18)22-20(26)14-30-21(27)16-5-10-19-23-31(28,29)12-11-24(19)13-16/h5-10,13,15H,4,11-12,14H2,1-3H3,(H,22,26). The minimum atomic E-state index is -3.46. The van der Waals surface area contributed by atoms with E-state index in [0.29, 0.717) is 11.7 Å². The SMILES string of the molecule is CCN(c1ccc(NC(=O)COC(=O)C2=CN3CCS(=O)(=O)N=C3C=C2)cc1)C(C)C. The van der Waals surface area contributed by atoms with E-state index in [1.54, 1.807) is 17.0 Å². The fraction of sp³-hybridized carbons (Fsp3) is 0.381. The Morgan fingerprint density at radius 3 is 2.58 bits per heavy atom. The van der Waals surface area contributed by atoms with Crippen LogP contribution in [0.2, 0.25) is 0 Å². The Labute approximate surface area is 182 Å². The van der Waals surface area contributed by atoms with E-state index in [0.717, 1.165) is 12.2 Å². The van der Waals surface area contributed by atoms with E-state index in [4.69, 9.17) is 4.74 Å². The van der Waals surface area contributed by atoms with Gasteiger partial charge >= 0.3 is 5.97 Å². The molecule has 166 valence electrons. The lowest BCUT2D eigenvalue weighted by Crippen LogP contribution is -2.37. The number of nitrogens with zero attached hydrogens (tertiary/aromatic N) is 3. The molecule has 0 fully saturated rings. The number of fused-ring (bicyclic) bond motifs is 1. The number of ether oxygens (including phenoxy) is 1. The monoisotopic (exact) mass is 446 g/mol. The van der Waals surface area contributed by atoms with E-state index in [9.17, 15) is 18.0 Å². The molecule has 10 heteroatoms. The summed E-state index contributed by atoms with van der Waals surface area (Å²) in [6, 6.07) is 7.83. The van der Waals surface area contributed by atoms with Gasteiger partial charge in [-0.05, 0) is 57.2 Å². The largest absolute Gasteiger partial charge is 0.452 e. The van der Waals surface area contributed by atoms with E-state index >= 15 is 0 Å². The molecule has 1 N–H and O–H groups in total. The Kier molecular flexibility index (Phi) is 6.79. The van der Waals surface area contributed by atoms with Gasteiger partial charge in [0.05, 0.1) is 11.3 Å². The van der Waals surface area contributed by atoms with Gasteiger partial charge in [-0.2, -0.15) is 0 Å². The highest BCUT2D eigenvalue weighted by Gasteiger charge is 2.25. The summed E-state index contributed by atoms with van der Waals surface area (Å²) in [6.07, 6.45) is 4.33. The highest BCUT2D eigenvalue weighted by molar-refractivity contribution is 7.90. The highest BCUT2D eigenvalue weighted by atomic mass is 32.2. The Morgan fingerprint density at radius 2 is 1.94 bits per heavy atom. The Balaban J connectivity index is 1.53. The number of amidine groups is 1. The Hall–Kier alpha value is -3.14. The third kappa shape index (κ3) is 5.72. The summed E-state index contributed by atoms with van der Waals surface area (Å²) in [7, 11) is -3.46. The minimum absolute atomic E-state index is 0.127. The second-order valence-electron chi connectivity index (χ2n) is 7.40. The van der Waals surface area contributed by atoms with E-state index < -0.39 is 28.5 Å². The van der Waals surface area contributed by atoms with Crippen LogP contribution in [0.25, 0.3) is 0 Å². The molecule has 1 amide bonds. The molecule has 0 spiro atoms. The number of hydrogen-bond donors (Lipinski definition) is 1. The molecule has 3 rings (SSSR count). The number of carbonyl (C=O) groups is 2. The van der Waals surface area contributed by atoms with Gasteiger partial charge in [-0.3, -0.25) is 4.79 Å². The maximum atomic E-state index is 12.3. The van der Waals surface area contributed by atoms with Crippen LogP contribution in [-0.2, 0) is 24.3 Å². The average Bonchev–Trinajstić information content (AvgIpc) is 2.72. The lowest BCUT2D eigenvalue weighted by Gasteiger charge is -2.27. The predicted molar refractivity (Wildman–Crippen MR) is 119 cm³/mol. The van der Waals surface area contributed by atoms with Crippen molar-refractivity contribution >= 4 is 39.1 Å². The topological polar surface area (TPSA) is 108 Å². The van der Waals surface area contributed by atoms with Crippen LogP contribution >= 0.6 is 0 Å². The van der Waals surface area contributed by atoms with Crippen molar-refractivity contribution in [1.29, 1.82) is 0 Å². The molecule has 0 radical (unpaired) electrons. The number of esters is 1. The summed E-state index contributed by atoms with van der Waals surface area (Å²) >= 11 is 0. The first-order chi connectivity index (χ1) is 14.7. The number of anilines is 2. The molecule has 0 saturated carbocycles. The van der Waals surface area contributed by atoms with E-state index in [2.05, 4.69) is 35.4 Å². The fourth-order valence-corrected chi connectivity index (χ4v) is 4.28. The number of rotatable bonds is 7. The molecule has 0 aliphatic carbocycles. The molecule has 1 aromatic rings. The summed E-state index contributed by atoms with van der Waals surface area (Å²) in [6.45, 7) is 6.96. The minimum Gasteiger partial charge on any atom is -0.452 e. The van der Waals surface area contributed by atoms with Gasteiger partial charge in [0, 0.05) is 36.7 Å². The molecule has 1 aromatic carbocycles. The van der Waals surface area contributed by atoms with Crippen molar-refractivity contribution in [1.82, 2.24) is 4.90 Å². The van der Waals surface area contributed by atoms with Crippen molar-refractivity contribution in [3.63, 3.8) is 0 Å². The molecular weight excluding hydrogens is 420 g/mol. The maximum Gasteiger partial charge on any atom is 0.340 e. The molecule has 0 atom stereocenters. The average molecular weight is 447 g/mol. The summed E-state index contributed by atoms with van der Waals surface area (Å²) in [5.74, 6) is -1.01. The number of sulfonamides is 1. The molecule has 0 bridgehead atoms. The van der Waals surface area contributed by atoms with E-state index in [-0.39, 0.29) is 23.7 Å². The van der Waals surface area contributed by atoms with Gasteiger partial charge in [-0.1, -0.05) is 0 Å². The molecule has 2 heterocycles. The van der Waals surface area contributed by atoms with Crippen LogP contribution in [-0.4, -0.2) is 62.5 Å². The third-order valence-corrected chi connectivity index (χ3v) is 6.00. The van der Waals surface area contributed by atoms with Gasteiger partial charge in [-0.25, -0.2) is 13.2 Å². The first-order valence-corrected chi connectivity index (χ1v) is 11.6. The van der Waals surface area contributed by atoms with Gasteiger partial charge in [0.25, 0.3) is 15.9 Å². The quantitative estimate of drug-likeness (QED) is 0.637. The normalized spacial score (nSPS) is 16.8. The van der Waals surface area contributed by atoms with Gasteiger partial charge in [0.1, 0.15) is 5.84 Å². The van der Waals surface area contributed by atoms with Crippen LogP contribution in [0.5, 0.6) is 0 Å². The molecule has 0 aromatic heterocycles. The zero-order valence-corrected chi connectivity index (χ0v) is 18.6. The molecule has 9 nitrogen and oxygen atoms in total. The predicted octanol–water partition coefficient (Wildman–Crippen LogP) is 1.90. The molecular formula is C21H26N4O5S. The Bertz CT molecular complexity index is 1040.